The van der Waals surface area contributed by atoms with Gasteiger partial charge in [-0.25, -0.2) is 0 Å². The monoisotopic (exact) mass is 268 g/mol. The molecule has 0 bridgehead atoms. The van der Waals surface area contributed by atoms with E-state index in [1.165, 1.54) is 12.1 Å². The van der Waals surface area contributed by atoms with Crippen molar-refractivity contribution < 1.29 is 14.8 Å². The molecule has 1 fully saturated rings. The lowest BCUT2D eigenvalue weighted by Crippen LogP contribution is -2.24. The van der Waals surface area contributed by atoms with E-state index in [2.05, 4.69) is 5.32 Å². The van der Waals surface area contributed by atoms with Crippen LogP contribution in [0.2, 0.25) is 0 Å². The minimum atomic E-state index is -0.417. The van der Waals surface area contributed by atoms with Crippen LogP contribution >= 0.6 is 0 Å². The molecule has 1 heterocycles. The number of nitrogens with one attached hydrogen (secondary N) is 1. The fraction of sp³-hybridized carbons (Fsp3) is 0.538. The van der Waals surface area contributed by atoms with Gasteiger partial charge in [-0.1, -0.05) is 18.2 Å². The molecule has 1 aromatic carbocycles. The van der Waals surface area contributed by atoms with Crippen LogP contribution in [-0.2, 0) is 4.74 Å². The third-order valence-electron chi connectivity index (χ3n) is 2.77. The third-order valence-corrected chi connectivity index (χ3v) is 2.77. The molecular formula is C13H20N2O4. The normalized spacial score (nSPS) is 21.6. The first-order chi connectivity index (χ1) is 9.17. The Morgan fingerprint density at radius 3 is 2.58 bits per heavy atom. The molecule has 0 radical (unpaired) electrons. The molecule has 1 aliphatic heterocycles. The molecule has 0 saturated carbocycles. The molecular weight excluding hydrogens is 248 g/mol. The molecule has 2 atom stereocenters. The maximum absolute atomic E-state index is 10.0. The van der Waals surface area contributed by atoms with Crippen molar-refractivity contribution in [2.45, 2.75) is 25.5 Å². The summed E-state index contributed by atoms with van der Waals surface area (Å²) in [6.07, 6.45) is 1.27. The maximum atomic E-state index is 10.0. The van der Waals surface area contributed by atoms with Crippen LogP contribution in [0.1, 0.15) is 13.3 Å². The van der Waals surface area contributed by atoms with E-state index in [1.807, 2.05) is 6.92 Å². The minimum Gasteiger partial charge on any atom is -0.395 e. The highest BCUT2D eigenvalue weighted by atomic mass is 16.6. The van der Waals surface area contributed by atoms with Crippen LogP contribution in [0.25, 0.3) is 0 Å². The lowest BCUT2D eigenvalue weighted by Gasteiger charge is -2.07. The van der Waals surface area contributed by atoms with E-state index >= 15 is 0 Å². The molecule has 1 aromatic rings. The zero-order valence-electron chi connectivity index (χ0n) is 11.0. The Hall–Kier alpha value is -1.50. The number of aliphatic hydroxyl groups excluding tert-OH is 1. The molecule has 19 heavy (non-hydrogen) atoms. The number of ether oxygens (including phenoxy) is 1. The first-order valence-corrected chi connectivity index (χ1v) is 6.32. The van der Waals surface area contributed by atoms with Gasteiger partial charge in [-0.15, -0.1) is 0 Å². The van der Waals surface area contributed by atoms with Gasteiger partial charge in [-0.3, -0.25) is 10.1 Å². The Morgan fingerprint density at radius 2 is 2.16 bits per heavy atom. The van der Waals surface area contributed by atoms with Crippen molar-refractivity contribution in [3.8, 4) is 0 Å². The van der Waals surface area contributed by atoms with Gasteiger partial charge < -0.3 is 15.2 Å². The van der Waals surface area contributed by atoms with E-state index in [0.717, 1.165) is 19.6 Å². The molecule has 2 unspecified atom stereocenters. The molecule has 1 saturated heterocycles. The van der Waals surface area contributed by atoms with E-state index in [1.54, 1.807) is 18.2 Å². The number of para-hydroxylation sites is 1. The first kappa shape index (κ1) is 15.6. The van der Waals surface area contributed by atoms with Crippen LogP contribution < -0.4 is 5.32 Å². The molecule has 0 amide bonds. The number of rotatable bonds is 4. The fourth-order valence-corrected chi connectivity index (χ4v) is 1.83. The molecule has 106 valence electrons. The Balaban J connectivity index is 0.000000191. The van der Waals surface area contributed by atoms with E-state index in [4.69, 9.17) is 9.84 Å². The maximum Gasteiger partial charge on any atom is 0.269 e. The van der Waals surface area contributed by atoms with Gasteiger partial charge in [-0.05, 0) is 13.3 Å². The van der Waals surface area contributed by atoms with E-state index in [-0.39, 0.29) is 18.3 Å². The molecule has 6 heteroatoms. The van der Waals surface area contributed by atoms with Crippen LogP contribution in [0.4, 0.5) is 5.69 Å². The van der Waals surface area contributed by atoms with Crippen molar-refractivity contribution in [3.63, 3.8) is 0 Å². The number of non-ortho nitro benzene ring substituents is 1. The van der Waals surface area contributed by atoms with Gasteiger partial charge in [0.2, 0.25) is 0 Å². The molecule has 2 rings (SSSR count). The lowest BCUT2D eigenvalue weighted by molar-refractivity contribution is -0.384. The Morgan fingerprint density at radius 1 is 1.47 bits per heavy atom. The largest absolute Gasteiger partial charge is 0.395 e. The second-order valence-electron chi connectivity index (χ2n) is 4.19. The van der Waals surface area contributed by atoms with Crippen LogP contribution in [-0.4, -0.2) is 41.9 Å². The quantitative estimate of drug-likeness (QED) is 0.636. The zero-order chi connectivity index (χ0) is 14.1. The Kier molecular flexibility index (Phi) is 7.02. The Bertz CT molecular complexity index is 372. The minimum absolute atomic E-state index is 0.137. The average Bonchev–Trinajstić information content (AvgIpc) is 2.89. The van der Waals surface area contributed by atoms with Crippen molar-refractivity contribution in [3.05, 3.63) is 40.4 Å². The number of aliphatic hydroxyl groups is 1. The summed E-state index contributed by atoms with van der Waals surface area (Å²) in [6.45, 7) is 3.87. The van der Waals surface area contributed by atoms with E-state index in [0.29, 0.717) is 6.10 Å². The summed E-state index contributed by atoms with van der Waals surface area (Å²) < 4.78 is 5.36. The van der Waals surface area contributed by atoms with Crippen LogP contribution in [0, 0.1) is 10.1 Å². The van der Waals surface area contributed by atoms with Gasteiger partial charge in [0.25, 0.3) is 5.69 Å². The molecule has 0 aliphatic carbocycles. The highest BCUT2D eigenvalue weighted by Crippen LogP contribution is 2.09. The van der Waals surface area contributed by atoms with Gasteiger partial charge in [0.15, 0.2) is 0 Å². The predicted octanol–water partition coefficient (Wildman–Crippen LogP) is 1.34. The molecule has 6 nitrogen and oxygen atoms in total. The second-order valence-corrected chi connectivity index (χ2v) is 4.19. The van der Waals surface area contributed by atoms with Crippen molar-refractivity contribution >= 4 is 5.69 Å². The topological polar surface area (TPSA) is 84.6 Å². The summed E-state index contributed by atoms with van der Waals surface area (Å²) in [7, 11) is 0. The third kappa shape index (κ3) is 5.78. The van der Waals surface area contributed by atoms with Gasteiger partial charge in [-0.2, -0.15) is 0 Å². The van der Waals surface area contributed by atoms with Crippen molar-refractivity contribution in [2.75, 3.05) is 19.8 Å². The fourth-order valence-electron chi connectivity index (χ4n) is 1.83. The number of hydrogen-bond acceptors (Lipinski definition) is 5. The SMILES string of the molecule is CCOC1CNC(CO)C1.O=[N+]([O-])c1ccccc1. The van der Waals surface area contributed by atoms with Crippen LogP contribution in [0.15, 0.2) is 30.3 Å². The summed E-state index contributed by atoms with van der Waals surface area (Å²) in [5.74, 6) is 0. The summed E-state index contributed by atoms with van der Waals surface area (Å²) in [5, 5.41) is 21.9. The number of benzene rings is 1. The van der Waals surface area contributed by atoms with Crippen molar-refractivity contribution in [1.82, 2.24) is 5.32 Å². The van der Waals surface area contributed by atoms with Gasteiger partial charge in [0, 0.05) is 31.3 Å². The van der Waals surface area contributed by atoms with Gasteiger partial charge >= 0.3 is 0 Å². The predicted molar refractivity (Wildman–Crippen MR) is 72.0 cm³/mol. The number of nitro groups is 1. The first-order valence-electron chi connectivity index (χ1n) is 6.32. The molecule has 0 spiro atoms. The smallest absolute Gasteiger partial charge is 0.269 e. The number of hydrogen-bond donors (Lipinski definition) is 2. The van der Waals surface area contributed by atoms with Crippen LogP contribution in [0.5, 0.6) is 0 Å². The number of nitro benzene ring substituents is 1. The van der Waals surface area contributed by atoms with Crippen LogP contribution in [0.3, 0.4) is 0 Å². The molecule has 1 aliphatic rings. The van der Waals surface area contributed by atoms with E-state index in [9.17, 15) is 10.1 Å². The highest BCUT2D eigenvalue weighted by molar-refractivity contribution is 5.27. The summed E-state index contributed by atoms with van der Waals surface area (Å²) in [6, 6.07) is 8.19. The van der Waals surface area contributed by atoms with Crippen molar-refractivity contribution in [1.29, 1.82) is 0 Å². The standard InChI is InChI=1S/C7H15NO2.C6H5NO2/c1-2-10-7-3-6(5-9)8-4-7;8-7(9)6-4-2-1-3-5-6/h6-9H,2-5H2,1H3;1-5H. The summed E-state index contributed by atoms with van der Waals surface area (Å²) in [5.41, 5.74) is 0.137. The Labute approximate surface area is 112 Å². The number of nitrogens with zero attached hydrogens (tertiary/aromatic N) is 1. The molecule has 2 N–H and O–H groups in total. The molecule has 0 aromatic heterocycles. The van der Waals surface area contributed by atoms with Gasteiger partial charge in [0.05, 0.1) is 17.6 Å². The van der Waals surface area contributed by atoms with Gasteiger partial charge in [0.1, 0.15) is 0 Å². The summed E-state index contributed by atoms with van der Waals surface area (Å²) >= 11 is 0. The zero-order valence-corrected chi connectivity index (χ0v) is 11.0. The average molecular weight is 268 g/mol. The summed E-state index contributed by atoms with van der Waals surface area (Å²) in [4.78, 5) is 9.59. The van der Waals surface area contributed by atoms with E-state index < -0.39 is 4.92 Å². The second kappa shape index (κ2) is 8.58. The van der Waals surface area contributed by atoms with Crippen molar-refractivity contribution in [2.24, 2.45) is 0 Å². The lowest BCUT2D eigenvalue weighted by atomic mass is 10.2. The highest BCUT2D eigenvalue weighted by Gasteiger charge is 2.22.